The molecule has 1 saturated heterocycles. The number of hydrogen-bond acceptors (Lipinski definition) is 6. The molecule has 0 aliphatic carbocycles. The average molecular weight is 338 g/mol. The monoisotopic (exact) mass is 338 g/mol. The van der Waals surface area contributed by atoms with Gasteiger partial charge in [0.05, 0.1) is 25.2 Å². The molecule has 0 atom stereocenters. The first-order valence-corrected chi connectivity index (χ1v) is 8.48. The Labute approximate surface area is 139 Å². The van der Waals surface area contributed by atoms with Crippen molar-refractivity contribution < 1.29 is 14.3 Å². The zero-order valence-corrected chi connectivity index (χ0v) is 14.2. The second-order valence-electron chi connectivity index (χ2n) is 4.49. The molecule has 0 spiro atoms. The van der Waals surface area contributed by atoms with Gasteiger partial charge in [-0.15, -0.1) is 0 Å². The summed E-state index contributed by atoms with van der Waals surface area (Å²) in [6.45, 7) is 5.16. The molecule has 1 aromatic rings. The van der Waals surface area contributed by atoms with Gasteiger partial charge < -0.3 is 9.47 Å². The van der Waals surface area contributed by atoms with E-state index in [1.54, 1.807) is 6.21 Å². The number of thiocarbonyl (C=S) groups is 1. The number of carbonyl (C=O) groups excluding carboxylic acids is 1. The number of hydrazone groups is 1. The molecule has 1 aliphatic heterocycles. The summed E-state index contributed by atoms with van der Waals surface area (Å²) in [6, 6.07) is 5.56. The van der Waals surface area contributed by atoms with Gasteiger partial charge in [0.25, 0.3) is 5.91 Å². The standard InChI is InChI=1S/C15H18N2O3S2/c1-3-7-20-12-6-5-11(8-13(12)19-4-2)9-16-17-14(18)10-22-15(17)21/h5-6,8-9H,3-4,7,10H2,1-2H3/b16-9-. The Kier molecular flexibility index (Phi) is 6.21. The molecule has 1 amide bonds. The Hall–Kier alpha value is -1.60. The lowest BCUT2D eigenvalue weighted by Crippen LogP contribution is -2.22. The molecule has 0 radical (unpaired) electrons. The van der Waals surface area contributed by atoms with Crippen LogP contribution in [0.15, 0.2) is 23.3 Å². The van der Waals surface area contributed by atoms with Crippen LogP contribution in [0.1, 0.15) is 25.8 Å². The molecule has 0 unspecified atom stereocenters. The SMILES string of the molecule is CCCOc1ccc(/C=N\N2C(=O)CSC2=S)cc1OCC. The highest BCUT2D eigenvalue weighted by Gasteiger charge is 2.25. The van der Waals surface area contributed by atoms with Crippen LogP contribution in [0.3, 0.4) is 0 Å². The van der Waals surface area contributed by atoms with Crippen LogP contribution in [-0.4, -0.2) is 40.4 Å². The van der Waals surface area contributed by atoms with Crippen LogP contribution in [0, 0.1) is 0 Å². The predicted molar refractivity (Wildman–Crippen MR) is 92.9 cm³/mol. The first-order valence-electron chi connectivity index (χ1n) is 7.09. The molecule has 1 heterocycles. The van der Waals surface area contributed by atoms with Crippen molar-refractivity contribution in [2.45, 2.75) is 20.3 Å². The highest BCUT2D eigenvalue weighted by molar-refractivity contribution is 8.23. The van der Waals surface area contributed by atoms with Crippen molar-refractivity contribution in [3.05, 3.63) is 23.8 Å². The fourth-order valence-electron chi connectivity index (χ4n) is 1.79. The Morgan fingerprint density at radius 3 is 2.82 bits per heavy atom. The van der Waals surface area contributed by atoms with Gasteiger partial charge in [-0.25, -0.2) is 0 Å². The minimum absolute atomic E-state index is 0.0980. The summed E-state index contributed by atoms with van der Waals surface area (Å²) in [7, 11) is 0. The summed E-state index contributed by atoms with van der Waals surface area (Å²) < 4.78 is 11.7. The van der Waals surface area contributed by atoms with Crippen LogP contribution in [0.4, 0.5) is 0 Å². The molecule has 0 N–H and O–H groups in total. The van der Waals surface area contributed by atoms with Crippen molar-refractivity contribution >= 4 is 40.4 Å². The minimum Gasteiger partial charge on any atom is -0.490 e. The van der Waals surface area contributed by atoms with Crippen LogP contribution in [-0.2, 0) is 4.79 Å². The third kappa shape index (κ3) is 4.20. The smallest absolute Gasteiger partial charge is 0.259 e. The first kappa shape index (κ1) is 16.8. The van der Waals surface area contributed by atoms with Gasteiger partial charge in [0.1, 0.15) is 0 Å². The second-order valence-corrected chi connectivity index (χ2v) is 6.10. The fraction of sp³-hybridized carbons (Fsp3) is 0.400. The minimum atomic E-state index is -0.0980. The summed E-state index contributed by atoms with van der Waals surface area (Å²) in [6.07, 6.45) is 2.53. The molecule has 1 aliphatic rings. The lowest BCUT2D eigenvalue weighted by atomic mass is 10.2. The molecule has 22 heavy (non-hydrogen) atoms. The van der Waals surface area contributed by atoms with Crippen LogP contribution in [0.2, 0.25) is 0 Å². The van der Waals surface area contributed by atoms with E-state index in [-0.39, 0.29) is 5.91 Å². The van der Waals surface area contributed by atoms with Crippen LogP contribution in [0.5, 0.6) is 11.5 Å². The van der Waals surface area contributed by atoms with Gasteiger partial charge in [0.15, 0.2) is 15.8 Å². The number of amides is 1. The van der Waals surface area contributed by atoms with Gasteiger partial charge in [-0.05, 0) is 37.1 Å². The molecule has 2 rings (SSSR count). The van der Waals surface area contributed by atoms with Gasteiger partial charge in [-0.2, -0.15) is 10.1 Å². The number of nitrogens with zero attached hydrogens (tertiary/aromatic N) is 2. The summed E-state index contributed by atoms with van der Waals surface area (Å²) in [5, 5.41) is 5.40. The average Bonchev–Trinajstić information content (AvgIpc) is 2.83. The van der Waals surface area contributed by atoms with E-state index in [1.807, 2.05) is 25.1 Å². The predicted octanol–water partition coefficient (Wildman–Crippen LogP) is 3.07. The molecule has 7 heteroatoms. The molecule has 1 fully saturated rings. The Balaban J connectivity index is 2.15. The third-order valence-electron chi connectivity index (χ3n) is 2.78. The Bertz CT molecular complexity index is 574. The van der Waals surface area contributed by atoms with E-state index in [4.69, 9.17) is 21.7 Å². The number of carbonyl (C=O) groups is 1. The summed E-state index contributed by atoms with van der Waals surface area (Å²) >= 11 is 6.40. The molecule has 0 aromatic heterocycles. The van der Waals surface area contributed by atoms with E-state index in [2.05, 4.69) is 12.0 Å². The highest BCUT2D eigenvalue weighted by atomic mass is 32.2. The van der Waals surface area contributed by atoms with Crippen molar-refractivity contribution in [2.24, 2.45) is 5.10 Å². The lowest BCUT2D eigenvalue weighted by Gasteiger charge is -2.12. The lowest BCUT2D eigenvalue weighted by molar-refractivity contribution is -0.123. The van der Waals surface area contributed by atoms with E-state index >= 15 is 0 Å². The van der Waals surface area contributed by atoms with Gasteiger partial charge in [-0.3, -0.25) is 4.79 Å². The quantitative estimate of drug-likeness (QED) is 0.565. The zero-order valence-electron chi connectivity index (χ0n) is 12.6. The summed E-state index contributed by atoms with van der Waals surface area (Å²) in [4.78, 5) is 11.6. The highest BCUT2D eigenvalue weighted by Crippen LogP contribution is 2.28. The van der Waals surface area contributed by atoms with Crippen LogP contribution < -0.4 is 9.47 Å². The molecule has 5 nitrogen and oxygen atoms in total. The van der Waals surface area contributed by atoms with E-state index in [9.17, 15) is 4.79 Å². The number of benzene rings is 1. The normalized spacial score (nSPS) is 14.9. The molecular weight excluding hydrogens is 320 g/mol. The van der Waals surface area contributed by atoms with Crippen molar-refractivity contribution in [3.8, 4) is 11.5 Å². The molecule has 118 valence electrons. The molecule has 1 aromatic carbocycles. The van der Waals surface area contributed by atoms with Gasteiger partial charge in [-0.1, -0.05) is 30.9 Å². The molecular formula is C15H18N2O3S2. The van der Waals surface area contributed by atoms with Crippen molar-refractivity contribution in [1.29, 1.82) is 0 Å². The molecule has 0 bridgehead atoms. The largest absolute Gasteiger partial charge is 0.490 e. The maximum absolute atomic E-state index is 11.6. The second kappa shape index (κ2) is 8.14. The van der Waals surface area contributed by atoms with Crippen LogP contribution >= 0.6 is 24.0 Å². The fourth-order valence-corrected chi connectivity index (χ4v) is 2.75. The van der Waals surface area contributed by atoms with Crippen molar-refractivity contribution in [1.82, 2.24) is 5.01 Å². The summed E-state index contributed by atoms with van der Waals surface area (Å²) in [5.41, 5.74) is 0.819. The molecule has 0 saturated carbocycles. The van der Waals surface area contributed by atoms with Crippen molar-refractivity contribution in [2.75, 3.05) is 19.0 Å². The number of ether oxygens (including phenoxy) is 2. The van der Waals surface area contributed by atoms with Gasteiger partial charge in [0, 0.05) is 0 Å². The van der Waals surface area contributed by atoms with E-state index in [0.29, 0.717) is 34.8 Å². The van der Waals surface area contributed by atoms with E-state index in [0.717, 1.165) is 12.0 Å². The summed E-state index contributed by atoms with van der Waals surface area (Å²) in [5.74, 6) is 1.64. The maximum Gasteiger partial charge on any atom is 0.259 e. The Morgan fingerprint density at radius 1 is 1.36 bits per heavy atom. The third-order valence-corrected chi connectivity index (χ3v) is 4.12. The van der Waals surface area contributed by atoms with Crippen LogP contribution in [0.25, 0.3) is 0 Å². The number of hydrogen-bond donors (Lipinski definition) is 0. The maximum atomic E-state index is 11.6. The van der Waals surface area contributed by atoms with E-state index in [1.165, 1.54) is 16.8 Å². The van der Waals surface area contributed by atoms with Gasteiger partial charge in [0.2, 0.25) is 0 Å². The topological polar surface area (TPSA) is 51.1 Å². The van der Waals surface area contributed by atoms with E-state index < -0.39 is 0 Å². The Morgan fingerprint density at radius 2 is 2.18 bits per heavy atom. The van der Waals surface area contributed by atoms with Gasteiger partial charge >= 0.3 is 0 Å². The zero-order chi connectivity index (χ0) is 15.9. The number of thioether (sulfide) groups is 1. The first-order chi connectivity index (χ1) is 10.7. The van der Waals surface area contributed by atoms with Crippen molar-refractivity contribution in [3.63, 3.8) is 0 Å². The number of rotatable bonds is 7.